The Balaban J connectivity index is 1.70. The van der Waals surface area contributed by atoms with Crippen LogP contribution in [-0.4, -0.2) is 17.8 Å². The predicted molar refractivity (Wildman–Crippen MR) is 82.7 cm³/mol. The third-order valence-electron chi connectivity index (χ3n) is 3.11. The molecule has 4 N–H and O–H groups in total. The Kier molecular flexibility index (Phi) is 3.57. The molecule has 2 aromatic carbocycles. The molecule has 6 nitrogen and oxygen atoms in total. The second-order valence-electron chi connectivity index (χ2n) is 4.71. The zero-order valence-electron chi connectivity index (χ0n) is 11.6. The van der Waals surface area contributed by atoms with Gasteiger partial charge in [-0.1, -0.05) is 0 Å². The Morgan fingerprint density at radius 2 is 2.00 bits per heavy atom. The molecule has 1 aliphatic rings. The van der Waals surface area contributed by atoms with Gasteiger partial charge in [0.25, 0.3) is 0 Å². The summed E-state index contributed by atoms with van der Waals surface area (Å²) in [5.74, 6) is 0.968. The Morgan fingerprint density at radius 1 is 1.18 bits per heavy atom. The number of nitrogens with two attached hydrogens (primary N) is 1. The number of phenols is 1. The number of amides is 1. The zero-order valence-corrected chi connectivity index (χ0v) is 11.6. The molecule has 0 fully saturated rings. The quantitative estimate of drug-likeness (QED) is 0.459. The molecule has 0 spiro atoms. The van der Waals surface area contributed by atoms with Crippen LogP contribution in [0.4, 0.5) is 11.4 Å². The van der Waals surface area contributed by atoms with Crippen LogP contribution in [0.25, 0.3) is 6.08 Å². The molecule has 112 valence electrons. The molecular formula is C16H14N2O4. The standard InChI is InChI=1S/C16H14N2O4/c17-11-2-4-13(19)10(7-11)1-6-16(20)18-12-3-5-14-15(8-12)22-9-21-14/h1-8,19H,9,17H2,(H,18,20)/b6-1+. The minimum absolute atomic E-state index is 0.0568. The third kappa shape index (κ3) is 2.95. The van der Waals surface area contributed by atoms with Gasteiger partial charge in [-0.3, -0.25) is 4.79 Å². The van der Waals surface area contributed by atoms with Crippen LogP contribution in [0.5, 0.6) is 17.2 Å². The van der Waals surface area contributed by atoms with E-state index in [9.17, 15) is 9.90 Å². The largest absolute Gasteiger partial charge is 0.507 e. The number of ether oxygens (including phenoxy) is 2. The van der Waals surface area contributed by atoms with Gasteiger partial charge in [-0.05, 0) is 36.4 Å². The second kappa shape index (κ2) is 5.69. The van der Waals surface area contributed by atoms with Crippen molar-refractivity contribution in [2.45, 2.75) is 0 Å². The molecule has 1 aliphatic heterocycles. The molecule has 0 bridgehead atoms. The van der Waals surface area contributed by atoms with Crippen molar-refractivity contribution in [1.29, 1.82) is 0 Å². The van der Waals surface area contributed by atoms with Gasteiger partial charge < -0.3 is 25.6 Å². The number of nitrogens with one attached hydrogen (secondary N) is 1. The summed E-state index contributed by atoms with van der Waals surface area (Å²) in [4.78, 5) is 11.9. The molecule has 0 aliphatic carbocycles. The van der Waals surface area contributed by atoms with Crippen molar-refractivity contribution in [2.24, 2.45) is 0 Å². The van der Waals surface area contributed by atoms with E-state index in [0.717, 1.165) is 0 Å². The number of fused-ring (bicyclic) bond motifs is 1. The number of hydrogen-bond acceptors (Lipinski definition) is 5. The molecule has 0 radical (unpaired) electrons. The Bertz CT molecular complexity index is 756. The summed E-state index contributed by atoms with van der Waals surface area (Å²) in [7, 11) is 0. The van der Waals surface area contributed by atoms with Crippen LogP contribution in [0.3, 0.4) is 0 Å². The highest BCUT2D eigenvalue weighted by atomic mass is 16.7. The van der Waals surface area contributed by atoms with Gasteiger partial charge in [-0.15, -0.1) is 0 Å². The first-order valence-corrected chi connectivity index (χ1v) is 6.59. The Morgan fingerprint density at radius 3 is 2.86 bits per heavy atom. The van der Waals surface area contributed by atoms with Crippen molar-refractivity contribution in [2.75, 3.05) is 17.8 Å². The topological polar surface area (TPSA) is 93.8 Å². The third-order valence-corrected chi connectivity index (χ3v) is 3.11. The smallest absolute Gasteiger partial charge is 0.248 e. The normalized spacial score (nSPS) is 12.5. The fourth-order valence-electron chi connectivity index (χ4n) is 2.03. The molecule has 2 aromatic rings. The molecule has 0 aromatic heterocycles. The van der Waals surface area contributed by atoms with Gasteiger partial charge in [0, 0.05) is 29.1 Å². The van der Waals surface area contributed by atoms with E-state index in [1.807, 2.05) is 0 Å². The number of aromatic hydroxyl groups is 1. The monoisotopic (exact) mass is 298 g/mol. The molecule has 1 heterocycles. The van der Waals surface area contributed by atoms with Gasteiger partial charge in [0.1, 0.15) is 5.75 Å². The first kappa shape index (κ1) is 13.8. The zero-order chi connectivity index (χ0) is 15.5. The van der Waals surface area contributed by atoms with E-state index in [1.54, 1.807) is 30.3 Å². The Hall–Kier alpha value is -3.15. The number of anilines is 2. The molecule has 22 heavy (non-hydrogen) atoms. The summed E-state index contributed by atoms with van der Waals surface area (Å²) < 4.78 is 10.4. The van der Waals surface area contributed by atoms with E-state index in [4.69, 9.17) is 15.2 Å². The fourth-order valence-corrected chi connectivity index (χ4v) is 2.03. The lowest BCUT2D eigenvalue weighted by atomic mass is 10.1. The number of hydrogen-bond donors (Lipinski definition) is 3. The van der Waals surface area contributed by atoms with Crippen molar-refractivity contribution in [1.82, 2.24) is 0 Å². The fraction of sp³-hybridized carbons (Fsp3) is 0.0625. The molecule has 0 saturated carbocycles. The average molecular weight is 298 g/mol. The van der Waals surface area contributed by atoms with Gasteiger partial charge >= 0.3 is 0 Å². The molecule has 1 amide bonds. The number of phenolic OH excluding ortho intramolecular Hbond substituents is 1. The summed E-state index contributed by atoms with van der Waals surface area (Å²) in [5.41, 5.74) is 7.21. The molecule has 6 heteroatoms. The van der Waals surface area contributed by atoms with Crippen LogP contribution in [0.15, 0.2) is 42.5 Å². The number of nitrogen functional groups attached to an aromatic ring is 1. The van der Waals surface area contributed by atoms with Crippen LogP contribution in [0, 0.1) is 0 Å². The highest BCUT2D eigenvalue weighted by Crippen LogP contribution is 2.34. The second-order valence-corrected chi connectivity index (χ2v) is 4.71. The Labute approximate surface area is 126 Å². The van der Waals surface area contributed by atoms with Crippen molar-refractivity contribution < 1.29 is 19.4 Å². The highest BCUT2D eigenvalue weighted by Gasteiger charge is 2.13. The molecule has 0 saturated heterocycles. The summed E-state index contributed by atoms with van der Waals surface area (Å²) >= 11 is 0. The van der Waals surface area contributed by atoms with E-state index in [-0.39, 0.29) is 18.4 Å². The van der Waals surface area contributed by atoms with E-state index < -0.39 is 0 Å². The van der Waals surface area contributed by atoms with Crippen LogP contribution in [-0.2, 0) is 4.79 Å². The number of carbonyl (C=O) groups excluding carboxylic acids is 1. The maximum absolute atomic E-state index is 11.9. The summed E-state index contributed by atoms with van der Waals surface area (Å²) in [6.07, 6.45) is 2.81. The highest BCUT2D eigenvalue weighted by molar-refractivity contribution is 6.02. The van der Waals surface area contributed by atoms with Crippen molar-refractivity contribution in [3.8, 4) is 17.2 Å². The summed E-state index contributed by atoms with van der Waals surface area (Å²) in [6.45, 7) is 0.182. The average Bonchev–Trinajstić information content (AvgIpc) is 2.96. The number of rotatable bonds is 3. The molecule has 0 unspecified atom stereocenters. The minimum atomic E-state index is -0.333. The molecular weight excluding hydrogens is 284 g/mol. The maximum atomic E-state index is 11.9. The maximum Gasteiger partial charge on any atom is 0.248 e. The van der Waals surface area contributed by atoms with Crippen LogP contribution in [0.2, 0.25) is 0 Å². The van der Waals surface area contributed by atoms with Gasteiger partial charge in [0.2, 0.25) is 12.7 Å². The van der Waals surface area contributed by atoms with E-state index in [0.29, 0.717) is 28.4 Å². The van der Waals surface area contributed by atoms with Crippen LogP contribution in [0.1, 0.15) is 5.56 Å². The summed E-state index contributed by atoms with van der Waals surface area (Å²) in [6, 6.07) is 9.78. The lowest BCUT2D eigenvalue weighted by Gasteiger charge is -2.04. The van der Waals surface area contributed by atoms with Crippen LogP contribution < -0.4 is 20.5 Å². The van der Waals surface area contributed by atoms with E-state index in [1.165, 1.54) is 18.2 Å². The van der Waals surface area contributed by atoms with Gasteiger partial charge in [-0.2, -0.15) is 0 Å². The summed E-state index contributed by atoms with van der Waals surface area (Å²) in [5, 5.41) is 12.4. The number of carbonyl (C=O) groups is 1. The van der Waals surface area contributed by atoms with Gasteiger partial charge in [0.15, 0.2) is 11.5 Å². The predicted octanol–water partition coefficient (Wildman–Crippen LogP) is 2.36. The van der Waals surface area contributed by atoms with E-state index >= 15 is 0 Å². The lowest BCUT2D eigenvalue weighted by molar-refractivity contribution is -0.111. The first-order chi connectivity index (χ1) is 10.6. The van der Waals surface area contributed by atoms with E-state index in [2.05, 4.69) is 5.32 Å². The van der Waals surface area contributed by atoms with Crippen molar-refractivity contribution >= 4 is 23.4 Å². The lowest BCUT2D eigenvalue weighted by Crippen LogP contribution is -2.07. The molecule has 3 rings (SSSR count). The molecule has 0 atom stereocenters. The number of benzene rings is 2. The van der Waals surface area contributed by atoms with Crippen molar-refractivity contribution in [3.05, 3.63) is 48.0 Å². The first-order valence-electron chi connectivity index (χ1n) is 6.59. The van der Waals surface area contributed by atoms with Crippen molar-refractivity contribution in [3.63, 3.8) is 0 Å². The van der Waals surface area contributed by atoms with Gasteiger partial charge in [-0.25, -0.2) is 0 Å². The minimum Gasteiger partial charge on any atom is -0.507 e. The van der Waals surface area contributed by atoms with Gasteiger partial charge in [0.05, 0.1) is 0 Å². The SMILES string of the molecule is Nc1ccc(O)c(/C=C/C(=O)Nc2ccc3c(c2)OCO3)c1. The van der Waals surface area contributed by atoms with Crippen LogP contribution >= 0.6 is 0 Å².